The van der Waals surface area contributed by atoms with Crippen molar-refractivity contribution in [2.24, 2.45) is 0 Å². The molecule has 0 saturated heterocycles. The van der Waals surface area contributed by atoms with E-state index in [1.165, 1.54) is 23.5 Å². The number of aryl methyl sites for hydroxylation is 1. The number of pyridine rings is 1. The van der Waals surface area contributed by atoms with Gasteiger partial charge in [-0.15, -0.1) is 11.3 Å². The summed E-state index contributed by atoms with van der Waals surface area (Å²) < 4.78 is 25.2. The number of halogens is 1. The summed E-state index contributed by atoms with van der Waals surface area (Å²) in [6.45, 7) is 2.03. The van der Waals surface area contributed by atoms with Crippen molar-refractivity contribution in [3.63, 3.8) is 0 Å². The zero-order valence-corrected chi connectivity index (χ0v) is 17.6. The molecular weight excluding hydrogens is 418 g/mol. The summed E-state index contributed by atoms with van der Waals surface area (Å²) in [6.07, 6.45) is 3.54. The van der Waals surface area contributed by atoms with Crippen LogP contribution in [0.15, 0.2) is 48.7 Å². The average molecular weight is 436 g/mol. The van der Waals surface area contributed by atoms with E-state index in [2.05, 4.69) is 15.0 Å². The number of sulfonamides is 1. The summed E-state index contributed by atoms with van der Waals surface area (Å²) in [5.41, 5.74) is 2.43. The molecule has 0 spiro atoms. The molecule has 2 heterocycles. The average Bonchev–Trinajstić information content (AvgIpc) is 3.05. The first-order valence-electron chi connectivity index (χ1n) is 8.39. The highest BCUT2D eigenvalue weighted by Crippen LogP contribution is 2.32. The molecule has 0 unspecified atom stereocenters. The van der Waals surface area contributed by atoms with Crippen molar-refractivity contribution in [1.82, 2.24) is 4.98 Å². The molecule has 0 aliphatic rings. The van der Waals surface area contributed by atoms with Crippen molar-refractivity contribution in [2.45, 2.75) is 13.3 Å². The molecule has 0 saturated carbocycles. The molecule has 0 atom stereocenters. The number of nitrogens with zero attached hydrogens (tertiary/aromatic N) is 1. The number of hydrogen-bond acceptors (Lipinski definition) is 5. The monoisotopic (exact) mass is 435 g/mol. The molecule has 146 valence electrons. The van der Waals surface area contributed by atoms with Gasteiger partial charge in [-0.1, -0.05) is 24.6 Å². The van der Waals surface area contributed by atoms with E-state index in [0.29, 0.717) is 15.6 Å². The van der Waals surface area contributed by atoms with Gasteiger partial charge in [-0.3, -0.25) is 14.5 Å². The number of nitrogens with one attached hydrogen (secondary N) is 2. The third kappa shape index (κ3) is 5.09. The SMILES string of the molecule is CCc1sc(C(=O)Nc2cc(Cl)cc(NS(C)(=O)=O)c2)cc1-c1ccccn1. The quantitative estimate of drug-likeness (QED) is 0.589. The van der Waals surface area contributed by atoms with E-state index in [4.69, 9.17) is 11.6 Å². The maximum absolute atomic E-state index is 12.7. The van der Waals surface area contributed by atoms with Crippen molar-refractivity contribution >= 4 is 50.2 Å². The van der Waals surface area contributed by atoms with Crippen LogP contribution in [0.2, 0.25) is 5.02 Å². The fourth-order valence-electron chi connectivity index (χ4n) is 2.67. The van der Waals surface area contributed by atoms with Gasteiger partial charge in [0.1, 0.15) is 0 Å². The van der Waals surface area contributed by atoms with E-state index in [1.807, 2.05) is 31.2 Å². The Hall–Kier alpha value is -2.42. The lowest BCUT2D eigenvalue weighted by Crippen LogP contribution is -2.12. The van der Waals surface area contributed by atoms with Gasteiger partial charge in [-0.05, 0) is 42.8 Å². The van der Waals surface area contributed by atoms with Gasteiger partial charge in [0.25, 0.3) is 5.91 Å². The summed E-state index contributed by atoms with van der Waals surface area (Å²) >= 11 is 7.45. The van der Waals surface area contributed by atoms with Crippen LogP contribution >= 0.6 is 22.9 Å². The summed E-state index contributed by atoms with van der Waals surface area (Å²) in [5, 5.41) is 3.08. The van der Waals surface area contributed by atoms with Gasteiger partial charge in [-0.25, -0.2) is 8.42 Å². The third-order valence-corrected chi connectivity index (χ3v) is 5.86. The van der Waals surface area contributed by atoms with Crippen LogP contribution in [0.25, 0.3) is 11.3 Å². The van der Waals surface area contributed by atoms with E-state index in [0.717, 1.165) is 28.8 Å². The van der Waals surface area contributed by atoms with Crippen molar-refractivity contribution in [2.75, 3.05) is 16.3 Å². The summed E-state index contributed by atoms with van der Waals surface area (Å²) in [6, 6.07) is 12.0. The molecule has 0 bridgehead atoms. The first kappa shape index (κ1) is 20.3. The zero-order chi connectivity index (χ0) is 20.3. The molecule has 0 radical (unpaired) electrons. The topological polar surface area (TPSA) is 88.2 Å². The van der Waals surface area contributed by atoms with Crippen LogP contribution in [-0.2, 0) is 16.4 Å². The van der Waals surface area contributed by atoms with Gasteiger partial charge < -0.3 is 5.32 Å². The maximum atomic E-state index is 12.7. The largest absolute Gasteiger partial charge is 0.321 e. The van der Waals surface area contributed by atoms with Crippen LogP contribution < -0.4 is 10.0 Å². The minimum atomic E-state index is -3.45. The smallest absolute Gasteiger partial charge is 0.265 e. The van der Waals surface area contributed by atoms with Gasteiger partial charge in [0.2, 0.25) is 10.0 Å². The number of carbonyl (C=O) groups is 1. The molecule has 6 nitrogen and oxygen atoms in total. The second-order valence-electron chi connectivity index (χ2n) is 6.07. The number of anilines is 2. The van der Waals surface area contributed by atoms with E-state index in [-0.39, 0.29) is 11.6 Å². The second kappa shape index (κ2) is 8.30. The molecule has 0 aliphatic heterocycles. The Balaban J connectivity index is 1.87. The number of carbonyl (C=O) groups excluding carboxylic acids is 1. The van der Waals surface area contributed by atoms with Crippen LogP contribution in [0, 0.1) is 0 Å². The van der Waals surface area contributed by atoms with Crippen molar-refractivity contribution < 1.29 is 13.2 Å². The normalized spacial score (nSPS) is 11.2. The lowest BCUT2D eigenvalue weighted by Gasteiger charge is -2.09. The highest BCUT2D eigenvalue weighted by atomic mass is 35.5. The predicted octanol–water partition coefficient (Wildman–Crippen LogP) is 4.65. The molecular formula is C19H18ClN3O3S2. The number of aromatic nitrogens is 1. The molecule has 1 amide bonds. The molecule has 2 N–H and O–H groups in total. The Morgan fingerprint density at radius 2 is 1.93 bits per heavy atom. The number of amides is 1. The number of hydrogen-bond donors (Lipinski definition) is 2. The van der Waals surface area contributed by atoms with E-state index in [9.17, 15) is 13.2 Å². The van der Waals surface area contributed by atoms with Crippen LogP contribution in [0.4, 0.5) is 11.4 Å². The fraction of sp³-hybridized carbons (Fsp3) is 0.158. The molecule has 2 aromatic heterocycles. The highest BCUT2D eigenvalue weighted by Gasteiger charge is 2.16. The van der Waals surface area contributed by atoms with Crippen LogP contribution in [0.3, 0.4) is 0 Å². The van der Waals surface area contributed by atoms with Gasteiger partial charge >= 0.3 is 0 Å². The molecule has 9 heteroatoms. The van der Waals surface area contributed by atoms with Gasteiger partial charge in [0.15, 0.2) is 0 Å². The van der Waals surface area contributed by atoms with Gasteiger partial charge in [0.05, 0.1) is 22.5 Å². The Labute approximate surface area is 172 Å². The number of thiophene rings is 1. The Morgan fingerprint density at radius 3 is 2.57 bits per heavy atom. The summed E-state index contributed by atoms with van der Waals surface area (Å²) in [5.74, 6) is -0.297. The van der Waals surface area contributed by atoms with E-state index >= 15 is 0 Å². The standard InChI is InChI=1S/C19H18ClN3O3S2/c1-3-17-15(16-6-4-5-7-21-16)11-18(27-17)19(24)22-13-8-12(20)9-14(10-13)23-28(2,25)26/h4-11,23H,3H2,1-2H3,(H,22,24). The van der Waals surface area contributed by atoms with Gasteiger partial charge in [-0.2, -0.15) is 0 Å². The molecule has 28 heavy (non-hydrogen) atoms. The molecule has 0 fully saturated rings. The maximum Gasteiger partial charge on any atom is 0.265 e. The molecule has 0 aliphatic carbocycles. The lowest BCUT2D eigenvalue weighted by atomic mass is 10.1. The fourth-order valence-corrected chi connectivity index (χ4v) is 4.45. The first-order valence-corrected chi connectivity index (χ1v) is 11.5. The Morgan fingerprint density at radius 1 is 1.18 bits per heavy atom. The van der Waals surface area contributed by atoms with Crippen molar-refractivity contribution in [3.05, 3.63) is 63.4 Å². The Bertz CT molecular complexity index is 1110. The van der Waals surface area contributed by atoms with Crippen molar-refractivity contribution in [3.8, 4) is 11.3 Å². The minimum Gasteiger partial charge on any atom is -0.321 e. The summed E-state index contributed by atoms with van der Waals surface area (Å²) in [4.78, 5) is 18.7. The summed E-state index contributed by atoms with van der Waals surface area (Å²) in [7, 11) is -3.45. The first-order chi connectivity index (χ1) is 13.2. The second-order valence-corrected chi connectivity index (χ2v) is 9.39. The van der Waals surface area contributed by atoms with E-state index < -0.39 is 10.0 Å². The molecule has 3 aromatic rings. The predicted molar refractivity (Wildman–Crippen MR) is 115 cm³/mol. The van der Waals surface area contributed by atoms with Gasteiger partial charge in [0, 0.05) is 27.3 Å². The van der Waals surface area contributed by atoms with E-state index in [1.54, 1.807) is 12.3 Å². The Kier molecular flexibility index (Phi) is 6.02. The lowest BCUT2D eigenvalue weighted by molar-refractivity contribution is 0.103. The van der Waals surface area contributed by atoms with Crippen LogP contribution in [0.1, 0.15) is 21.5 Å². The molecule has 1 aromatic carbocycles. The number of benzene rings is 1. The van der Waals surface area contributed by atoms with Crippen molar-refractivity contribution in [1.29, 1.82) is 0 Å². The highest BCUT2D eigenvalue weighted by molar-refractivity contribution is 7.92. The zero-order valence-electron chi connectivity index (χ0n) is 15.2. The third-order valence-electron chi connectivity index (χ3n) is 3.75. The van der Waals surface area contributed by atoms with Crippen LogP contribution in [-0.4, -0.2) is 25.6 Å². The molecule has 3 rings (SSSR count). The minimum absolute atomic E-state index is 0.278. The number of rotatable bonds is 6. The van der Waals surface area contributed by atoms with Crippen LogP contribution in [0.5, 0.6) is 0 Å².